The number of nitrogens with one attached hydrogen (secondary N) is 1. The maximum atomic E-state index is 12.7. The average Bonchev–Trinajstić information content (AvgIpc) is 3.33. The minimum absolute atomic E-state index is 0.126. The van der Waals surface area contributed by atoms with Crippen molar-refractivity contribution >= 4 is 33.5 Å². The van der Waals surface area contributed by atoms with Crippen LogP contribution in [0, 0.1) is 0 Å². The summed E-state index contributed by atoms with van der Waals surface area (Å²) in [6.45, 7) is 0. The molecule has 0 unspecified atom stereocenters. The Morgan fingerprint density at radius 3 is 2.54 bits per heavy atom. The zero-order valence-electron chi connectivity index (χ0n) is 15.3. The Balaban J connectivity index is 1.43. The van der Waals surface area contributed by atoms with Crippen molar-refractivity contribution in [3.8, 4) is 5.69 Å². The molecule has 0 bridgehead atoms. The number of hydrogen-bond donors (Lipinski definition) is 1. The number of benzene rings is 3. The van der Waals surface area contributed by atoms with Gasteiger partial charge in [0.2, 0.25) is 0 Å². The van der Waals surface area contributed by atoms with E-state index in [1.807, 2.05) is 95.2 Å². The number of hydrogen-bond acceptors (Lipinski definition) is 2. The standard InChI is InChI=1S/C23H18N4O/c1-26-14-13-18-19(6-4-8-21(18)26)25-23(28)16-9-11-17(12-10-16)27-15-24-20-5-2-3-7-22(20)27/h2-15H,1H3,(H,25,28). The van der Waals surface area contributed by atoms with Crippen LogP contribution in [0.5, 0.6) is 0 Å². The maximum Gasteiger partial charge on any atom is 0.255 e. The zero-order valence-corrected chi connectivity index (χ0v) is 15.3. The lowest BCUT2D eigenvalue weighted by Crippen LogP contribution is -2.12. The van der Waals surface area contributed by atoms with E-state index < -0.39 is 0 Å². The van der Waals surface area contributed by atoms with Gasteiger partial charge in [0.1, 0.15) is 6.33 Å². The minimum Gasteiger partial charge on any atom is -0.350 e. The van der Waals surface area contributed by atoms with Gasteiger partial charge in [-0.25, -0.2) is 4.98 Å². The monoisotopic (exact) mass is 366 g/mol. The van der Waals surface area contributed by atoms with Crippen LogP contribution >= 0.6 is 0 Å². The molecule has 0 aliphatic heterocycles. The van der Waals surface area contributed by atoms with Crippen LogP contribution in [0.4, 0.5) is 5.69 Å². The third-order valence-electron chi connectivity index (χ3n) is 5.04. The highest BCUT2D eigenvalue weighted by Crippen LogP contribution is 2.25. The van der Waals surface area contributed by atoms with Crippen molar-refractivity contribution in [2.75, 3.05) is 5.32 Å². The Morgan fingerprint density at radius 2 is 1.68 bits per heavy atom. The van der Waals surface area contributed by atoms with E-state index in [0.717, 1.165) is 33.3 Å². The van der Waals surface area contributed by atoms with E-state index in [-0.39, 0.29) is 5.91 Å². The van der Waals surface area contributed by atoms with Crippen LogP contribution in [0.25, 0.3) is 27.6 Å². The fourth-order valence-corrected chi connectivity index (χ4v) is 3.54. The molecule has 5 heteroatoms. The van der Waals surface area contributed by atoms with E-state index in [4.69, 9.17) is 0 Å². The normalized spacial score (nSPS) is 11.2. The first kappa shape index (κ1) is 16.3. The molecule has 5 aromatic rings. The van der Waals surface area contributed by atoms with Crippen molar-refractivity contribution in [2.45, 2.75) is 0 Å². The number of carbonyl (C=O) groups excluding carboxylic acids is 1. The Hall–Kier alpha value is -3.86. The number of amides is 1. The molecule has 0 saturated heterocycles. The van der Waals surface area contributed by atoms with Crippen molar-refractivity contribution in [3.05, 3.63) is 90.9 Å². The van der Waals surface area contributed by atoms with E-state index in [1.54, 1.807) is 6.33 Å². The highest BCUT2D eigenvalue weighted by atomic mass is 16.1. The molecule has 0 fully saturated rings. The van der Waals surface area contributed by atoms with Gasteiger partial charge in [-0.2, -0.15) is 0 Å². The predicted molar refractivity (Wildman–Crippen MR) is 112 cm³/mol. The Bertz CT molecular complexity index is 1310. The number of anilines is 1. The largest absolute Gasteiger partial charge is 0.350 e. The van der Waals surface area contributed by atoms with Gasteiger partial charge in [0.25, 0.3) is 5.91 Å². The van der Waals surface area contributed by atoms with Gasteiger partial charge < -0.3 is 9.88 Å². The molecule has 2 heterocycles. The number of fused-ring (bicyclic) bond motifs is 2. The van der Waals surface area contributed by atoms with E-state index in [1.165, 1.54) is 0 Å². The minimum atomic E-state index is -0.126. The molecule has 0 saturated carbocycles. The van der Waals surface area contributed by atoms with Crippen molar-refractivity contribution in [1.82, 2.24) is 14.1 Å². The first-order valence-electron chi connectivity index (χ1n) is 9.09. The van der Waals surface area contributed by atoms with Crippen molar-refractivity contribution < 1.29 is 4.79 Å². The summed E-state index contributed by atoms with van der Waals surface area (Å²) in [7, 11) is 1.99. The molecule has 0 spiro atoms. The maximum absolute atomic E-state index is 12.7. The molecule has 5 nitrogen and oxygen atoms in total. The fraction of sp³-hybridized carbons (Fsp3) is 0.0435. The predicted octanol–water partition coefficient (Wildman–Crippen LogP) is 4.77. The molecule has 136 valence electrons. The van der Waals surface area contributed by atoms with Gasteiger partial charge in [0.05, 0.1) is 16.7 Å². The summed E-state index contributed by atoms with van der Waals surface area (Å²) in [4.78, 5) is 17.2. The summed E-state index contributed by atoms with van der Waals surface area (Å²) in [5.41, 5.74) is 5.46. The van der Waals surface area contributed by atoms with E-state index in [9.17, 15) is 4.79 Å². The second-order valence-electron chi connectivity index (χ2n) is 6.77. The molecule has 0 atom stereocenters. The second kappa shape index (κ2) is 6.39. The SMILES string of the molecule is Cn1ccc2c(NC(=O)c3ccc(-n4cnc5ccccc54)cc3)cccc21. The van der Waals surface area contributed by atoms with Crippen LogP contribution in [0.2, 0.25) is 0 Å². The van der Waals surface area contributed by atoms with Gasteiger partial charge >= 0.3 is 0 Å². The molecule has 28 heavy (non-hydrogen) atoms. The molecule has 2 aromatic heterocycles. The zero-order chi connectivity index (χ0) is 19.1. The molecular formula is C23H18N4O. The van der Waals surface area contributed by atoms with E-state index in [2.05, 4.69) is 10.3 Å². The first-order chi connectivity index (χ1) is 13.7. The third-order valence-corrected chi connectivity index (χ3v) is 5.04. The summed E-state index contributed by atoms with van der Waals surface area (Å²) < 4.78 is 4.05. The van der Waals surface area contributed by atoms with Crippen LogP contribution in [0.15, 0.2) is 85.3 Å². The van der Waals surface area contributed by atoms with E-state index in [0.29, 0.717) is 5.56 Å². The van der Waals surface area contributed by atoms with Crippen LogP contribution < -0.4 is 5.32 Å². The van der Waals surface area contributed by atoms with Gasteiger partial charge in [0.15, 0.2) is 0 Å². The lowest BCUT2D eigenvalue weighted by Gasteiger charge is -2.09. The van der Waals surface area contributed by atoms with Gasteiger partial charge in [-0.1, -0.05) is 18.2 Å². The van der Waals surface area contributed by atoms with Gasteiger partial charge in [-0.15, -0.1) is 0 Å². The average molecular weight is 366 g/mol. The van der Waals surface area contributed by atoms with Gasteiger partial charge in [-0.05, 0) is 54.6 Å². The Kier molecular flexibility index (Phi) is 3.72. The molecule has 0 radical (unpaired) electrons. The number of para-hydroxylation sites is 2. The highest BCUT2D eigenvalue weighted by molar-refractivity contribution is 6.09. The number of rotatable bonds is 3. The fourth-order valence-electron chi connectivity index (χ4n) is 3.54. The molecular weight excluding hydrogens is 348 g/mol. The quantitative estimate of drug-likeness (QED) is 0.500. The number of carbonyl (C=O) groups is 1. The molecule has 1 N–H and O–H groups in total. The van der Waals surface area contributed by atoms with Gasteiger partial charge in [-0.3, -0.25) is 9.36 Å². The molecule has 3 aromatic carbocycles. The smallest absolute Gasteiger partial charge is 0.255 e. The highest BCUT2D eigenvalue weighted by Gasteiger charge is 2.10. The first-order valence-corrected chi connectivity index (χ1v) is 9.09. The van der Waals surface area contributed by atoms with Crippen LogP contribution in [-0.4, -0.2) is 20.0 Å². The molecule has 5 rings (SSSR count). The summed E-state index contributed by atoms with van der Waals surface area (Å²) in [5, 5.41) is 4.05. The molecule has 1 amide bonds. The Morgan fingerprint density at radius 1 is 0.893 bits per heavy atom. The summed E-state index contributed by atoms with van der Waals surface area (Å²) in [5.74, 6) is -0.126. The number of imidazole rings is 1. The lowest BCUT2D eigenvalue weighted by atomic mass is 10.1. The van der Waals surface area contributed by atoms with Crippen molar-refractivity contribution in [1.29, 1.82) is 0 Å². The number of aromatic nitrogens is 3. The van der Waals surface area contributed by atoms with Gasteiger partial charge in [0, 0.05) is 35.4 Å². The Labute approximate surface area is 161 Å². The van der Waals surface area contributed by atoms with Crippen LogP contribution in [0.1, 0.15) is 10.4 Å². The number of nitrogens with zero attached hydrogens (tertiary/aromatic N) is 3. The van der Waals surface area contributed by atoms with Crippen LogP contribution in [0.3, 0.4) is 0 Å². The summed E-state index contributed by atoms with van der Waals surface area (Å²) in [6, 6.07) is 23.5. The topological polar surface area (TPSA) is 51.9 Å². The lowest BCUT2D eigenvalue weighted by molar-refractivity contribution is 0.102. The summed E-state index contributed by atoms with van der Waals surface area (Å²) in [6.07, 6.45) is 3.79. The third kappa shape index (κ3) is 2.65. The van der Waals surface area contributed by atoms with E-state index >= 15 is 0 Å². The number of aryl methyl sites for hydroxylation is 1. The second-order valence-corrected chi connectivity index (χ2v) is 6.77. The van der Waals surface area contributed by atoms with Crippen molar-refractivity contribution in [3.63, 3.8) is 0 Å². The molecule has 0 aliphatic rings. The summed E-state index contributed by atoms with van der Waals surface area (Å²) >= 11 is 0. The van der Waals surface area contributed by atoms with Crippen LogP contribution in [-0.2, 0) is 7.05 Å². The molecule has 0 aliphatic carbocycles. The van der Waals surface area contributed by atoms with Crippen molar-refractivity contribution in [2.24, 2.45) is 7.05 Å².